The monoisotopic (exact) mass is 394 g/mol. The van der Waals surface area contributed by atoms with E-state index in [1.165, 1.54) is 7.05 Å². The lowest BCUT2D eigenvalue weighted by Crippen LogP contribution is -2.40. The summed E-state index contributed by atoms with van der Waals surface area (Å²) in [6, 6.07) is 7.73. The van der Waals surface area contributed by atoms with E-state index in [0.29, 0.717) is 10.6 Å². The van der Waals surface area contributed by atoms with Gasteiger partial charge in [0.2, 0.25) is 5.89 Å². The topological polar surface area (TPSA) is 103 Å². The third kappa shape index (κ3) is 4.15. The summed E-state index contributed by atoms with van der Waals surface area (Å²) in [5, 5.41) is 14.5. The first-order chi connectivity index (χ1) is 12.9. The average Bonchev–Trinajstić information content (AvgIpc) is 3.09. The molecule has 10 heteroatoms. The Bertz CT molecular complexity index is 1060. The molecule has 0 radical (unpaired) electrons. The third-order valence-corrected chi connectivity index (χ3v) is 4.33. The van der Waals surface area contributed by atoms with Crippen LogP contribution in [0.2, 0.25) is 5.02 Å². The highest BCUT2D eigenvalue weighted by atomic mass is 35.5. The molecule has 27 heavy (non-hydrogen) atoms. The first kappa shape index (κ1) is 19.0. The first-order valence-corrected chi connectivity index (χ1v) is 8.37. The zero-order chi connectivity index (χ0) is 19.6. The Morgan fingerprint density at radius 1 is 1.30 bits per heavy atom. The van der Waals surface area contributed by atoms with Crippen LogP contribution in [0.3, 0.4) is 0 Å². The molecular formula is C17H16ClFN4O4. The Kier molecular flexibility index (Phi) is 5.52. The lowest BCUT2D eigenvalue weighted by Gasteiger charge is -2.08. The Labute approximate surface area is 157 Å². The number of aliphatic hydroxyl groups excluding tert-OH is 1. The first-order valence-electron chi connectivity index (χ1n) is 7.99. The molecule has 0 aliphatic rings. The molecule has 1 aromatic carbocycles. The van der Waals surface area contributed by atoms with E-state index in [0.717, 1.165) is 15.2 Å². The lowest BCUT2D eigenvalue weighted by molar-refractivity contribution is 0.174. The number of aromatic nitrogens is 4. The summed E-state index contributed by atoms with van der Waals surface area (Å²) in [5.41, 5.74) is -0.723. The van der Waals surface area contributed by atoms with Crippen molar-refractivity contribution in [2.75, 3.05) is 0 Å². The van der Waals surface area contributed by atoms with Gasteiger partial charge in [0.25, 0.3) is 5.56 Å². The van der Waals surface area contributed by atoms with Crippen LogP contribution in [0, 0.1) is 0 Å². The van der Waals surface area contributed by atoms with E-state index < -0.39 is 24.0 Å². The van der Waals surface area contributed by atoms with Crippen molar-refractivity contribution in [2.24, 2.45) is 7.05 Å². The molecule has 8 nitrogen and oxygen atoms in total. The molecule has 0 fully saturated rings. The summed E-state index contributed by atoms with van der Waals surface area (Å²) in [6.07, 6.45) is -0.786. The Morgan fingerprint density at radius 2 is 2.00 bits per heavy atom. The van der Waals surface area contributed by atoms with Crippen LogP contribution in [0.4, 0.5) is 4.39 Å². The maximum atomic E-state index is 12.8. The summed E-state index contributed by atoms with van der Waals surface area (Å²) < 4.78 is 19.8. The van der Waals surface area contributed by atoms with Crippen molar-refractivity contribution in [3.05, 3.63) is 79.2 Å². The second-order valence-corrected chi connectivity index (χ2v) is 6.35. The summed E-state index contributed by atoms with van der Waals surface area (Å²) in [7, 11) is 1.37. The van der Waals surface area contributed by atoms with Gasteiger partial charge in [-0.25, -0.2) is 9.18 Å². The van der Waals surface area contributed by atoms with Crippen molar-refractivity contribution >= 4 is 11.6 Å². The molecule has 0 saturated carbocycles. The molecule has 2 aromatic heterocycles. The molecular weight excluding hydrogens is 379 g/mol. The number of nitrogens with zero attached hydrogens (tertiary/aromatic N) is 4. The highest BCUT2D eigenvalue weighted by Gasteiger charge is 2.16. The van der Waals surface area contributed by atoms with Crippen molar-refractivity contribution in [3.63, 3.8) is 0 Å². The van der Waals surface area contributed by atoms with E-state index in [4.69, 9.17) is 16.1 Å². The van der Waals surface area contributed by atoms with Crippen molar-refractivity contribution < 1.29 is 14.0 Å². The summed E-state index contributed by atoms with van der Waals surface area (Å²) in [5.74, 6) is 0.248. The fraction of sp³-hybridized carbons (Fsp3) is 0.294. The summed E-state index contributed by atoms with van der Waals surface area (Å²) in [4.78, 5) is 28.3. The van der Waals surface area contributed by atoms with E-state index in [9.17, 15) is 19.1 Å². The van der Waals surface area contributed by atoms with E-state index in [2.05, 4.69) is 10.1 Å². The minimum absolute atomic E-state index is 0.0152. The van der Waals surface area contributed by atoms with E-state index in [1.54, 1.807) is 24.3 Å². The van der Waals surface area contributed by atoms with Gasteiger partial charge in [-0.2, -0.15) is 4.98 Å². The molecule has 0 amide bonds. The molecule has 2 heterocycles. The maximum Gasteiger partial charge on any atom is 0.331 e. The van der Waals surface area contributed by atoms with Gasteiger partial charge in [-0.15, -0.1) is 0 Å². The van der Waals surface area contributed by atoms with E-state index >= 15 is 0 Å². The van der Waals surface area contributed by atoms with Crippen molar-refractivity contribution in [1.82, 2.24) is 19.3 Å². The smallest absolute Gasteiger partial charge is 0.331 e. The molecule has 1 N–H and O–H groups in total. The van der Waals surface area contributed by atoms with E-state index in [1.807, 2.05) is 0 Å². The molecule has 3 rings (SSSR count). The SMILES string of the molecule is Cn1c(CF)cc(=O)n(Cc2nc(C[C@H](O)c3ccc(Cl)cc3)no2)c1=O. The number of hydrogen-bond acceptors (Lipinski definition) is 6. The highest BCUT2D eigenvalue weighted by molar-refractivity contribution is 6.30. The fourth-order valence-corrected chi connectivity index (χ4v) is 2.66. The van der Waals surface area contributed by atoms with Gasteiger partial charge >= 0.3 is 5.69 Å². The molecule has 0 saturated heterocycles. The predicted octanol–water partition coefficient (Wildman–Crippen LogP) is 1.38. The molecule has 3 aromatic rings. The number of rotatable bonds is 6. The van der Waals surface area contributed by atoms with Crippen LogP contribution < -0.4 is 11.2 Å². The average molecular weight is 395 g/mol. The normalized spacial score (nSPS) is 12.3. The van der Waals surface area contributed by atoms with Gasteiger partial charge in [-0.1, -0.05) is 28.9 Å². The lowest BCUT2D eigenvalue weighted by atomic mass is 10.1. The number of hydrogen-bond donors (Lipinski definition) is 1. The minimum Gasteiger partial charge on any atom is -0.388 e. The van der Waals surface area contributed by atoms with Gasteiger partial charge in [0.15, 0.2) is 5.82 Å². The Hall–Kier alpha value is -2.78. The van der Waals surface area contributed by atoms with Gasteiger partial charge in [-0.3, -0.25) is 13.9 Å². The van der Waals surface area contributed by atoms with Crippen molar-refractivity contribution in [3.8, 4) is 0 Å². The van der Waals surface area contributed by atoms with Crippen LogP contribution in [0.5, 0.6) is 0 Å². The van der Waals surface area contributed by atoms with Crippen LogP contribution in [0.15, 0.2) is 44.4 Å². The molecule has 0 aliphatic heterocycles. The maximum absolute atomic E-state index is 12.8. The zero-order valence-corrected chi connectivity index (χ0v) is 15.1. The Balaban J connectivity index is 1.77. The summed E-state index contributed by atoms with van der Waals surface area (Å²) in [6.45, 7) is -1.17. The largest absolute Gasteiger partial charge is 0.388 e. The standard InChI is InChI=1S/C17H16ClFN4O4/c1-22-12(8-19)6-16(25)23(17(22)26)9-15-20-14(21-27-15)7-13(24)10-2-4-11(18)5-3-10/h2-6,13,24H,7-9H2,1H3/t13-/m0/s1. The quantitative estimate of drug-likeness (QED) is 0.677. The second kappa shape index (κ2) is 7.85. The predicted molar refractivity (Wildman–Crippen MR) is 94.3 cm³/mol. The molecule has 0 bridgehead atoms. The summed E-state index contributed by atoms with van der Waals surface area (Å²) >= 11 is 5.82. The third-order valence-electron chi connectivity index (χ3n) is 4.08. The van der Waals surface area contributed by atoms with Crippen molar-refractivity contribution in [2.45, 2.75) is 25.7 Å². The molecule has 0 aliphatic carbocycles. The molecule has 0 unspecified atom stereocenters. The number of aliphatic hydroxyl groups is 1. The number of alkyl halides is 1. The van der Waals surface area contributed by atoms with Gasteiger partial charge < -0.3 is 9.63 Å². The van der Waals surface area contributed by atoms with Crippen LogP contribution in [0.1, 0.15) is 29.1 Å². The number of benzene rings is 1. The molecule has 1 atom stereocenters. The van der Waals surface area contributed by atoms with Gasteiger partial charge in [0, 0.05) is 24.6 Å². The number of halogens is 2. The van der Waals surface area contributed by atoms with Crippen LogP contribution in [0.25, 0.3) is 0 Å². The van der Waals surface area contributed by atoms with Crippen LogP contribution in [-0.4, -0.2) is 24.4 Å². The molecule has 142 valence electrons. The van der Waals surface area contributed by atoms with Gasteiger partial charge in [0.1, 0.15) is 13.2 Å². The second-order valence-electron chi connectivity index (χ2n) is 5.91. The van der Waals surface area contributed by atoms with E-state index in [-0.39, 0.29) is 30.4 Å². The fourth-order valence-electron chi connectivity index (χ4n) is 2.54. The van der Waals surface area contributed by atoms with Gasteiger partial charge in [-0.05, 0) is 17.7 Å². The van der Waals surface area contributed by atoms with Crippen LogP contribution >= 0.6 is 11.6 Å². The highest BCUT2D eigenvalue weighted by Crippen LogP contribution is 2.19. The minimum atomic E-state index is -0.922. The van der Waals surface area contributed by atoms with Gasteiger partial charge in [0.05, 0.1) is 11.8 Å². The zero-order valence-electron chi connectivity index (χ0n) is 14.3. The molecule has 0 spiro atoms. The Morgan fingerprint density at radius 3 is 2.67 bits per heavy atom. The van der Waals surface area contributed by atoms with Crippen molar-refractivity contribution in [1.29, 1.82) is 0 Å². The van der Waals surface area contributed by atoms with Crippen LogP contribution in [-0.2, 0) is 26.7 Å².